The molecule has 1 heterocycles. The number of nitrogens with two attached hydrogens (primary N) is 1. The molecule has 2 amide bonds. The molecule has 1 aliphatic heterocycles. The van der Waals surface area contributed by atoms with E-state index in [9.17, 15) is 9.59 Å². The Morgan fingerprint density at radius 1 is 1.25 bits per heavy atom. The van der Waals surface area contributed by atoms with Crippen LogP contribution in [-0.2, 0) is 4.79 Å². The zero-order valence-electron chi connectivity index (χ0n) is 11.8. The third-order valence-electron chi connectivity index (χ3n) is 3.60. The molecule has 0 aromatic heterocycles. The van der Waals surface area contributed by atoms with Crippen LogP contribution in [0.1, 0.15) is 35.2 Å². The molecule has 1 saturated heterocycles. The number of benzene rings is 1. The SMILES string of the molecule is Cc1cc(N)ccc1C(=O)NCC(=O)N1CCCCC1. The van der Waals surface area contributed by atoms with E-state index in [2.05, 4.69) is 5.32 Å². The van der Waals surface area contributed by atoms with E-state index in [1.807, 2.05) is 11.8 Å². The zero-order chi connectivity index (χ0) is 14.5. The number of piperidine rings is 1. The number of anilines is 1. The van der Waals surface area contributed by atoms with Crippen LogP contribution in [0.5, 0.6) is 0 Å². The number of likely N-dealkylation sites (tertiary alicyclic amines) is 1. The zero-order valence-corrected chi connectivity index (χ0v) is 11.8. The highest BCUT2D eigenvalue weighted by Gasteiger charge is 2.17. The van der Waals surface area contributed by atoms with Gasteiger partial charge in [-0.25, -0.2) is 0 Å². The van der Waals surface area contributed by atoms with Crippen molar-refractivity contribution in [2.45, 2.75) is 26.2 Å². The molecule has 0 spiro atoms. The summed E-state index contributed by atoms with van der Waals surface area (Å²) < 4.78 is 0. The van der Waals surface area contributed by atoms with Gasteiger partial charge in [-0.1, -0.05) is 0 Å². The first-order valence-corrected chi connectivity index (χ1v) is 7.00. The molecule has 0 bridgehead atoms. The predicted octanol–water partition coefficient (Wildman–Crippen LogP) is 1.32. The molecular weight excluding hydrogens is 254 g/mol. The normalized spacial score (nSPS) is 14.9. The summed E-state index contributed by atoms with van der Waals surface area (Å²) in [6, 6.07) is 5.13. The fraction of sp³-hybridized carbons (Fsp3) is 0.467. The maximum atomic E-state index is 12.0. The first kappa shape index (κ1) is 14.4. The van der Waals surface area contributed by atoms with Gasteiger partial charge in [0.2, 0.25) is 5.91 Å². The second-order valence-corrected chi connectivity index (χ2v) is 5.20. The smallest absolute Gasteiger partial charge is 0.251 e. The quantitative estimate of drug-likeness (QED) is 0.817. The lowest BCUT2D eigenvalue weighted by Gasteiger charge is -2.26. The van der Waals surface area contributed by atoms with Crippen molar-refractivity contribution in [1.29, 1.82) is 0 Å². The second-order valence-electron chi connectivity index (χ2n) is 5.20. The minimum Gasteiger partial charge on any atom is -0.399 e. The Morgan fingerprint density at radius 3 is 2.60 bits per heavy atom. The second kappa shape index (κ2) is 6.41. The third-order valence-corrected chi connectivity index (χ3v) is 3.60. The van der Waals surface area contributed by atoms with E-state index in [1.54, 1.807) is 18.2 Å². The number of hydrogen-bond acceptors (Lipinski definition) is 3. The molecule has 0 radical (unpaired) electrons. The number of nitrogens with zero attached hydrogens (tertiary/aromatic N) is 1. The molecule has 5 nitrogen and oxygen atoms in total. The molecular formula is C15H21N3O2. The van der Waals surface area contributed by atoms with E-state index in [-0.39, 0.29) is 18.4 Å². The van der Waals surface area contributed by atoms with Crippen molar-refractivity contribution in [3.8, 4) is 0 Å². The summed E-state index contributed by atoms with van der Waals surface area (Å²) in [5.41, 5.74) is 7.66. The number of hydrogen-bond donors (Lipinski definition) is 2. The summed E-state index contributed by atoms with van der Waals surface area (Å²) in [7, 11) is 0. The van der Waals surface area contributed by atoms with Gasteiger partial charge in [0, 0.05) is 24.3 Å². The van der Waals surface area contributed by atoms with Crippen LogP contribution >= 0.6 is 0 Å². The summed E-state index contributed by atoms with van der Waals surface area (Å²) in [5, 5.41) is 2.69. The van der Waals surface area contributed by atoms with Crippen molar-refractivity contribution in [1.82, 2.24) is 10.2 Å². The molecule has 0 atom stereocenters. The number of carbonyl (C=O) groups excluding carboxylic acids is 2. The Balaban J connectivity index is 1.89. The standard InChI is InChI=1S/C15H21N3O2/c1-11-9-12(16)5-6-13(11)15(20)17-10-14(19)18-7-3-2-4-8-18/h5-6,9H,2-4,7-8,10,16H2,1H3,(H,17,20). The molecule has 1 aromatic carbocycles. The molecule has 0 saturated carbocycles. The third kappa shape index (κ3) is 3.50. The molecule has 0 aliphatic carbocycles. The summed E-state index contributed by atoms with van der Waals surface area (Å²) in [6.45, 7) is 3.49. The molecule has 0 unspecified atom stereocenters. The Hall–Kier alpha value is -2.04. The molecule has 1 aliphatic rings. The van der Waals surface area contributed by atoms with Crippen molar-refractivity contribution in [2.75, 3.05) is 25.4 Å². The van der Waals surface area contributed by atoms with Crippen LogP contribution in [0.3, 0.4) is 0 Å². The lowest BCUT2D eigenvalue weighted by Crippen LogP contribution is -2.42. The van der Waals surface area contributed by atoms with Gasteiger partial charge in [0.05, 0.1) is 6.54 Å². The van der Waals surface area contributed by atoms with Crippen LogP contribution in [0.4, 0.5) is 5.69 Å². The molecule has 1 fully saturated rings. The Morgan fingerprint density at radius 2 is 1.95 bits per heavy atom. The van der Waals surface area contributed by atoms with Gasteiger partial charge in [0.1, 0.15) is 0 Å². The van der Waals surface area contributed by atoms with Crippen molar-refractivity contribution in [3.63, 3.8) is 0 Å². The number of nitrogen functional groups attached to an aromatic ring is 1. The molecule has 108 valence electrons. The highest BCUT2D eigenvalue weighted by molar-refractivity contribution is 5.98. The number of aryl methyl sites for hydroxylation is 1. The van der Waals surface area contributed by atoms with Gasteiger partial charge in [-0.2, -0.15) is 0 Å². The Kier molecular flexibility index (Phi) is 4.61. The first-order valence-electron chi connectivity index (χ1n) is 7.00. The number of nitrogens with one attached hydrogen (secondary N) is 1. The maximum absolute atomic E-state index is 12.0. The van der Waals surface area contributed by atoms with E-state index in [0.717, 1.165) is 31.5 Å². The number of rotatable bonds is 3. The number of carbonyl (C=O) groups is 2. The molecule has 20 heavy (non-hydrogen) atoms. The molecule has 3 N–H and O–H groups in total. The van der Waals surface area contributed by atoms with Gasteiger partial charge in [-0.05, 0) is 49.9 Å². The van der Waals surface area contributed by atoms with Gasteiger partial charge in [0.25, 0.3) is 5.91 Å². The monoisotopic (exact) mass is 275 g/mol. The van der Waals surface area contributed by atoms with Crippen LogP contribution in [0.2, 0.25) is 0 Å². The predicted molar refractivity (Wildman–Crippen MR) is 78.4 cm³/mol. The summed E-state index contributed by atoms with van der Waals surface area (Å²) in [6.07, 6.45) is 3.29. The van der Waals surface area contributed by atoms with E-state index in [0.29, 0.717) is 11.3 Å². The molecule has 1 aromatic rings. The van der Waals surface area contributed by atoms with Crippen LogP contribution in [0.25, 0.3) is 0 Å². The van der Waals surface area contributed by atoms with E-state index >= 15 is 0 Å². The van der Waals surface area contributed by atoms with Gasteiger partial charge >= 0.3 is 0 Å². The van der Waals surface area contributed by atoms with Crippen molar-refractivity contribution >= 4 is 17.5 Å². The van der Waals surface area contributed by atoms with E-state index in [1.165, 1.54) is 6.42 Å². The Bertz CT molecular complexity index is 508. The average molecular weight is 275 g/mol. The number of amides is 2. The highest BCUT2D eigenvalue weighted by atomic mass is 16.2. The fourth-order valence-electron chi connectivity index (χ4n) is 2.45. The van der Waals surface area contributed by atoms with Crippen LogP contribution in [0, 0.1) is 6.92 Å². The molecule has 2 rings (SSSR count). The Labute approximate surface area is 119 Å². The van der Waals surface area contributed by atoms with Gasteiger partial charge < -0.3 is 16.0 Å². The minimum atomic E-state index is -0.229. The van der Waals surface area contributed by atoms with E-state index in [4.69, 9.17) is 5.73 Å². The lowest BCUT2D eigenvalue weighted by atomic mass is 10.1. The van der Waals surface area contributed by atoms with Crippen LogP contribution < -0.4 is 11.1 Å². The van der Waals surface area contributed by atoms with Crippen LogP contribution in [0.15, 0.2) is 18.2 Å². The maximum Gasteiger partial charge on any atom is 0.251 e. The summed E-state index contributed by atoms with van der Waals surface area (Å²) in [4.78, 5) is 25.8. The van der Waals surface area contributed by atoms with Crippen molar-refractivity contribution in [3.05, 3.63) is 29.3 Å². The van der Waals surface area contributed by atoms with Crippen molar-refractivity contribution < 1.29 is 9.59 Å². The van der Waals surface area contributed by atoms with Gasteiger partial charge in [-0.3, -0.25) is 9.59 Å². The van der Waals surface area contributed by atoms with Gasteiger partial charge in [0.15, 0.2) is 0 Å². The average Bonchev–Trinajstić information content (AvgIpc) is 2.45. The first-order chi connectivity index (χ1) is 9.58. The largest absolute Gasteiger partial charge is 0.399 e. The lowest BCUT2D eigenvalue weighted by molar-refractivity contribution is -0.130. The van der Waals surface area contributed by atoms with Crippen molar-refractivity contribution in [2.24, 2.45) is 0 Å². The topological polar surface area (TPSA) is 75.4 Å². The van der Waals surface area contributed by atoms with Gasteiger partial charge in [-0.15, -0.1) is 0 Å². The minimum absolute atomic E-state index is 0.00820. The van der Waals surface area contributed by atoms with E-state index < -0.39 is 0 Å². The molecule has 5 heteroatoms. The summed E-state index contributed by atoms with van der Waals surface area (Å²) in [5.74, 6) is -0.237. The fourth-order valence-corrected chi connectivity index (χ4v) is 2.45. The highest BCUT2D eigenvalue weighted by Crippen LogP contribution is 2.12. The summed E-state index contributed by atoms with van der Waals surface area (Å²) >= 11 is 0. The van der Waals surface area contributed by atoms with Crippen LogP contribution in [-0.4, -0.2) is 36.3 Å².